The number of pyridine rings is 1. The van der Waals surface area contributed by atoms with Crippen molar-refractivity contribution in [3.05, 3.63) is 29.6 Å². The molecule has 1 fully saturated rings. The number of nitrogens with zero attached hydrogens (tertiary/aromatic N) is 2. The van der Waals surface area contributed by atoms with Crippen LogP contribution in [0.1, 0.15) is 35.8 Å². The first-order valence-electron chi connectivity index (χ1n) is 7.17. The molecule has 5 heteroatoms. The van der Waals surface area contributed by atoms with Gasteiger partial charge >= 0.3 is 0 Å². The Bertz CT molecular complexity index is 531. The van der Waals surface area contributed by atoms with Crippen molar-refractivity contribution in [1.82, 2.24) is 9.88 Å². The van der Waals surface area contributed by atoms with Crippen LogP contribution in [0.5, 0.6) is 0 Å². The van der Waals surface area contributed by atoms with E-state index in [4.69, 9.17) is 9.84 Å². The molecule has 1 N–H and O–H groups in total. The third-order valence-electron chi connectivity index (χ3n) is 3.19. The van der Waals surface area contributed by atoms with Crippen molar-refractivity contribution in [1.29, 1.82) is 0 Å². The molecule has 1 saturated heterocycles. The number of amides is 1. The zero-order chi connectivity index (χ0) is 15.1. The van der Waals surface area contributed by atoms with Crippen LogP contribution in [0.15, 0.2) is 18.3 Å². The van der Waals surface area contributed by atoms with Crippen LogP contribution in [-0.2, 0) is 4.74 Å². The lowest BCUT2D eigenvalue weighted by atomic mass is 10.2. The molecule has 0 aliphatic carbocycles. The molecule has 1 amide bonds. The summed E-state index contributed by atoms with van der Waals surface area (Å²) >= 11 is 0. The molecule has 1 aromatic heterocycles. The fraction of sp³-hybridized carbons (Fsp3) is 0.500. The van der Waals surface area contributed by atoms with Gasteiger partial charge in [0.25, 0.3) is 5.91 Å². The lowest BCUT2D eigenvalue weighted by Gasteiger charge is -2.21. The Hall–Kier alpha value is -1.90. The number of rotatable bonds is 2. The second-order valence-corrected chi connectivity index (χ2v) is 4.99. The second kappa shape index (κ2) is 7.77. The number of carbonyl (C=O) groups excluding carboxylic acids is 1. The van der Waals surface area contributed by atoms with Crippen molar-refractivity contribution in [2.45, 2.75) is 25.9 Å². The largest absolute Gasteiger partial charge is 0.395 e. The quantitative estimate of drug-likeness (QED) is 0.827. The summed E-state index contributed by atoms with van der Waals surface area (Å²) in [6, 6.07) is 3.48. The molecular weight excluding hydrogens is 268 g/mol. The minimum Gasteiger partial charge on any atom is -0.395 e. The molecule has 0 radical (unpaired) electrons. The van der Waals surface area contributed by atoms with Crippen LogP contribution in [0.3, 0.4) is 0 Å². The Morgan fingerprint density at radius 1 is 1.57 bits per heavy atom. The molecular formula is C16H20N2O3. The van der Waals surface area contributed by atoms with Gasteiger partial charge in [-0.2, -0.15) is 0 Å². The minimum absolute atomic E-state index is 0.0478. The van der Waals surface area contributed by atoms with Crippen molar-refractivity contribution in [2.24, 2.45) is 0 Å². The van der Waals surface area contributed by atoms with E-state index >= 15 is 0 Å². The molecule has 5 nitrogen and oxygen atoms in total. The van der Waals surface area contributed by atoms with E-state index in [0.29, 0.717) is 31.8 Å². The van der Waals surface area contributed by atoms with E-state index in [0.717, 1.165) is 12.0 Å². The summed E-state index contributed by atoms with van der Waals surface area (Å²) in [5, 5.41) is 8.67. The molecule has 1 atom stereocenters. The predicted molar refractivity (Wildman–Crippen MR) is 78.8 cm³/mol. The summed E-state index contributed by atoms with van der Waals surface area (Å²) in [6.45, 7) is 4.00. The number of aliphatic hydroxyl groups excluding tert-OH is 1. The average molecular weight is 288 g/mol. The Morgan fingerprint density at radius 3 is 3.14 bits per heavy atom. The maximum atomic E-state index is 12.4. The highest BCUT2D eigenvalue weighted by Crippen LogP contribution is 2.10. The van der Waals surface area contributed by atoms with E-state index in [-0.39, 0.29) is 18.6 Å². The van der Waals surface area contributed by atoms with Crippen molar-refractivity contribution >= 4 is 5.91 Å². The summed E-state index contributed by atoms with van der Waals surface area (Å²) in [7, 11) is 0. The zero-order valence-corrected chi connectivity index (χ0v) is 12.2. The first kappa shape index (κ1) is 15.5. The van der Waals surface area contributed by atoms with Crippen molar-refractivity contribution in [3.8, 4) is 11.8 Å². The van der Waals surface area contributed by atoms with E-state index < -0.39 is 0 Å². The van der Waals surface area contributed by atoms with E-state index in [1.165, 1.54) is 0 Å². The van der Waals surface area contributed by atoms with Crippen LogP contribution >= 0.6 is 0 Å². The fourth-order valence-corrected chi connectivity index (χ4v) is 2.16. The number of hydrogen-bond donors (Lipinski definition) is 1. The van der Waals surface area contributed by atoms with Crippen LogP contribution < -0.4 is 0 Å². The normalized spacial score (nSPS) is 18.6. The molecule has 21 heavy (non-hydrogen) atoms. The molecule has 2 rings (SSSR count). The smallest absolute Gasteiger partial charge is 0.272 e. The van der Waals surface area contributed by atoms with Gasteiger partial charge in [-0.1, -0.05) is 11.8 Å². The van der Waals surface area contributed by atoms with Gasteiger partial charge in [0.2, 0.25) is 0 Å². The number of ether oxygens (including phenoxy) is 1. The summed E-state index contributed by atoms with van der Waals surface area (Å²) < 4.78 is 5.54. The predicted octanol–water partition coefficient (Wildman–Crippen LogP) is 1.07. The minimum atomic E-state index is -0.0674. The van der Waals surface area contributed by atoms with Gasteiger partial charge in [0.15, 0.2) is 0 Å². The first-order valence-corrected chi connectivity index (χ1v) is 7.17. The molecule has 1 aromatic rings. The highest BCUT2D eigenvalue weighted by atomic mass is 16.5. The van der Waals surface area contributed by atoms with Gasteiger partial charge in [-0.25, -0.2) is 4.98 Å². The van der Waals surface area contributed by atoms with E-state index in [1.807, 2.05) is 6.92 Å². The highest BCUT2D eigenvalue weighted by Gasteiger charge is 2.21. The summed E-state index contributed by atoms with van der Waals surface area (Å²) in [6.07, 6.45) is 2.93. The lowest BCUT2D eigenvalue weighted by molar-refractivity contribution is 0.0559. The average Bonchev–Trinajstić information content (AvgIpc) is 2.72. The lowest BCUT2D eigenvalue weighted by Crippen LogP contribution is -2.36. The number of aromatic nitrogens is 1. The van der Waals surface area contributed by atoms with Crippen LogP contribution in [0.2, 0.25) is 0 Å². The van der Waals surface area contributed by atoms with Crippen LogP contribution in [0.25, 0.3) is 0 Å². The molecule has 0 saturated carbocycles. The summed E-state index contributed by atoms with van der Waals surface area (Å²) in [5.74, 6) is 5.65. The molecule has 0 aromatic carbocycles. The van der Waals surface area contributed by atoms with E-state index in [2.05, 4.69) is 16.8 Å². The molecule has 1 unspecified atom stereocenters. The number of hydrogen-bond acceptors (Lipinski definition) is 4. The molecule has 1 aliphatic rings. The van der Waals surface area contributed by atoms with Gasteiger partial charge in [-0.3, -0.25) is 4.79 Å². The van der Waals surface area contributed by atoms with Gasteiger partial charge in [-0.05, 0) is 25.5 Å². The van der Waals surface area contributed by atoms with Gasteiger partial charge < -0.3 is 14.7 Å². The summed E-state index contributed by atoms with van der Waals surface area (Å²) in [4.78, 5) is 18.4. The molecule has 112 valence electrons. The first-order chi connectivity index (χ1) is 10.2. The highest BCUT2D eigenvalue weighted by molar-refractivity contribution is 5.92. The molecule has 0 spiro atoms. The van der Waals surface area contributed by atoms with Gasteiger partial charge in [0.1, 0.15) is 5.69 Å². The fourth-order valence-electron chi connectivity index (χ4n) is 2.16. The number of aliphatic hydroxyl groups is 1. The third kappa shape index (κ3) is 4.55. The molecule has 0 bridgehead atoms. The molecule has 2 heterocycles. The Morgan fingerprint density at radius 2 is 2.43 bits per heavy atom. The third-order valence-corrected chi connectivity index (χ3v) is 3.19. The van der Waals surface area contributed by atoms with Crippen molar-refractivity contribution < 1.29 is 14.6 Å². The standard InChI is InChI=1S/C16H20N2O3/c1-13-12-18(8-4-10-21-13)16(20)15-7-6-14(11-17-15)5-2-3-9-19/h6-7,11,13,19H,3-4,8-10,12H2,1H3. The van der Waals surface area contributed by atoms with Crippen LogP contribution in [0, 0.1) is 11.8 Å². The van der Waals surface area contributed by atoms with E-state index in [9.17, 15) is 4.79 Å². The number of carbonyl (C=O) groups is 1. The van der Waals surface area contributed by atoms with E-state index in [1.54, 1.807) is 23.2 Å². The van der Waals surface area contributed by atoms with Gasteiger partial charge in [0.05, 0.1) is 12.7 Å². The van der Waals surface area contributed by atoms with Gasteiger partial charge in [0, 0.05) is 37.9 Å². The SMILES string of the molecule is CC1CN(C(=O)c2ccc(C#CCCO)cn2)CCCO1. The monoisotopic (exact) mass is 288 g/mol. The van der Waals surface area contributed by atoms with Gasteiger partial charge in [-0.15, -0.1) is 0 Å². The van der Waals surface area contributed by atoms with Crippen molar-refractivity contribution in [3.63, 3.8) is 0 Å². The Labute approximate surface area is 124 Å². The molecule has 1 aliphatic heterocycles. The maximum Gasteiger partial charge on any atom is 0.272 e. The van der Waals surface area contributed by atoms with Crippen LogP contribution in [-0.4, -0.2) is 53.3 Å². The Balaban J connectivity index is 2.04. The maximum absolute atomic E-state index is 12.4. The summed E-state index contributed by atoms with van der Waals surface area (Å²) in [5.41, 5.74) is 1.17. The zero-order valence-electron chi connectivity index (χ0n) is 12.2. The van der Waals surface area contributed by atoms with Crippen LogP contribution in [0.4, 0.5) is 0 Å². The Kier molecular flexibility index (Phi) is 5.73. The topological polar surface area (TPSA) is 62.7 Å². The van der Waals surface area contributed by atoms with Crippen molar-refractivity contribution in [2.75, 3.05) is 26.3 Å². The second-order valence-electron chi connectivity index (χ2n) is 4.99.